The van der Waals surface area contributed by atoms with Crippen LogP contribution in [0.3, 0.4) is 0 Å². The average Bonchev–Trinajstić information content (AvgIpc) is 3.57. The zero-order valence-corrected chi connectivity index (χ0v) is 22.2. The molecule has 2 aliphatic heterocycles. The van der Waals surface area contributed by atoms with E-state index < -0.39 is 29.1 Å². The summed E-state index contributed by atoms with van der Waals surface area (Å²) < 4.78 is 54.6. The molecule has 0 spiro atoms. The lowest BCUT2D eigenvalue weighted by Gasteiger charge is -2.23. The highest BCUT2D eigenvalue weighted by atomic mass is 19.4. The topological polar surface area (TPSA) is 100 Å². The number of aliphatic hydroxyl groups excluding tert-OH is 2. The van der Waals surface area contributed by atoms with Crippen LogP contribution < -0.4 is 24.8 Å². The molecule has 2 aliphatic rings. The molecule has 0 bridgehead atoms. The van der Waals surface area contributed by atoms with Gasteiger partial charge in [-0.2, -0.15) is 23.0 Å². The maximum absolute atomic E-state index is 14.3. The zero-order chi connectivity index (χ0) is 28.6. The lowest BCUT2D eigenvalue weighted by molar-refractivity contribution is -0.137. The quantitative estimate of drug-likeness (QED) is 0.433. The molecule has 1 atom stereocenters. The van der Waals surface area contributed by atoms with E-state index in [1.807, 2.05) is 0 Å². The Morgan fingerprint density at radius 2 is 1.80 bits per heavy atom. The summed E-state index contributed by atoms with van der Waals surface area (Å²) in [5, 5.41) is 24.0. The molecule has 1 fully saturated rings. The van der Waals surface area contributed by atoms with Crippen LogP contribution in [0, 0.1) is 0 Å². The SMILES string of the molecule is COc1cc(OC)cc(-c2nn(-c3cc(N4CCC(O)C4)ccc3C(F)(F)F)c(=O)c3c2CCN3CCCO)c1. The highest BCUT2D eigenvalue weighted by Crippen LogP contribution is 2.39. The third kappa shape index (κ3) is 5.20. The largest absolute Gasteiger partial charge is 0.497 e. The van der Waals surface area contributed by atoms with Crippen LogP contribution in [0.2, 0.25) is 0 Å². The van der Waals surface area contributed by atoms with E-state index in [4.69, 9.17) is 9.47 Å². The van der Waals surface area contributed by atoms with Gasteiger partial charge in [-0.25, -0.2) is 0 Å². The lowest BCUT2D eigenvalue weighted by Crippen LogP contribution is -2.33. The molecule has 12 heteroatoms. The highest BCUT2D eigenvalue weighted by molar-refractivity contribution is 5.75. The van der Waals surface area contributed by atoms with Crippen molar-refractivity contribution in [3.63, 3.8) is 0 Å². The van der Waals surface area contributed by atoms with E-state index in [1.54, 1.807) is 28.0 Å². The highest BCUT2D eigenvalue weighted by Gasteiger charge is 2.37. The molecule has 3 aromatic rings. The fourth-order valence-electron chi connectivity index (χ4n) is 5.40. The molecule has 1 unspecified atom stereocenters. The molecule has 0 aliphatic carbocycles. The van der Waals surface area contributed by atoms with Gasteiger partial charge in [-0.15, -0.1) is 0 Å². The third-order valence-corrected chi connectivity index (χ3v) is 7.37. The summed E-state index contributed by atoms with van der Waals surface area (Å²) >= 11 is 0. The Morgan fingerprint density at radius 3 is 2.40 bits per heavy atom. The second-order valence-electron chi connectivity index (χ2n) is 9.90. The van der Waals surface area contributed by atoms with Crippen molar-refractivity contribution in [2.75, 3.05) is 56.8 Å². The molecule has 40 heavy (non-hydrogen) atoms. The Morgan fingerprint density at radius 1 is 1.07 bits per heavy atom. The standard InChI is InChI=1S/C28H31F3N4O5/c1-39-20-12-17(13-21(15-20)40-2)25-22-7-10-33(8-3-11-36)26(22)27(38)35(32-25)24-14-18(34-9-6-19(37)16-34)4-5-23(24)28(29,30)31/h4-5,12-15,19,36-37H,3,6-11,16H2,1-2H3. The van der Waals surface area contributed by atoms with Crippen LogP contribution in [0.15, 0.2) is 41.2 Å². The minimum absolute atomic E-state index is 0.0903. The van der Waals surface area contributed by atoms with Crippen molar-refractivity contribution in [1.29, 1.82) is 0 Å². The summed E-state index contributed by atoms with van der Waals surface area (Å²) in [4.78, 5) is 17.5. The first-order valence-corrected chi connectivity index (χ1v) is 13.0. The fourth-order valence-corrected chi connectivity index (χ4v) is 5.40. The Hall–Kier alpha value is -3.77. The number of aliphatic hydroxyl groups is 2. The van der Waals surface area contributed by atoms with E-state index in [2.05, 4.69) is 5.10 Å². The van der Waals surface area contributed by atoms with E-state index in [9.17, 15) is 28.2 Å². The van der Waals surface area contributed by atoms with Crippen molar-refractivity contribution < 1.29 is 32.9 Å². The molecular formula is C28H31F3N4O5. The number of alkyl halides is 3. The molecule has 2 N–H and O–H groups in total. The van der Waals surface area contributed by atoms with Crippen molar-refractivity contribution in [3.05, 3.63) is 57.9 Å². The minimum Gasteiger partial charge on any atom is -0.497 e. The number of fused-ring (bicyclic) bond motifs is 1. The number of anilines is 2. The Balaban J connectivity index is 1.78. The first-order valence-electron chi connectivity index (χ1n) is 13.0. The molecule has 5 rings (SSSR count). The third-order valence-electron chi connectivity index (χ3n) is 7.37. The summed E-state index contributed by atoms with van der Waals surface area (Å²) in [6, 6.07) is 8.68. The van der Waals surface area contributed by atoms with Gasteiger partial charge in [0, 0.05) is 55.7 Å². The minimum atomic E-state index is -4.76. The molecule has 3 heterocycles. The predicted molar refractivity (Wildman–Crippen MR) is 144 cm³/mol. The fraction of sp³-hybridized carbons (Fsp3) is 0.429. The van der Waals surface area contributed by atoms with E-state index in [0.29, 0.717) is 72.9 Å². The lowest BCUT2D eigenvalue weighted by atomic mass is 10.0. The second-order valence-corrected chi connectivity index (χ2v) is 9.90. The number of halogens is 3. The number of nitrogens with zero attached hydrogens (tertiary/aromatic N) is 4. The van der Waals surface area contributed by atoms with Gasteiger partial charge < -0.3 is 29.5 Å². The second kappa shape index (κ2) is 11.0. The van der Waals surface area contributed by atoms with Gasteiger partial charge in [-0.3, -0.25) is 4.79 Å². The van der Waals surface area contributed by atoms with Gasteiger partial charge in [-0.05, 0) is 49.6 Å². The van der Waals surface area contributed by atoms with Gasteiger partial charge in [-0.1, -0.05) is 0 Å². The van der Waals surface area contributed by atoms with Gasteiger partial charge >= 0.3 is 6.18 Å². The van der Waals surface area contributed by atoms with Gasteiger partial charge in [0.15, 0.2) is 0 Å². The summed E-state index contributed by atoms with van der Waals surface area (Å²) in [7, 11) is 2.98. The zero-order valence-electron chi connectivity index (χ0n) is 22.2. The monoisotopic (exact) mass is 560 g/mol. The summed E-state index contributed by atoms with van der Waals surface area (Å²) in [5.41, 5.74) is 0.121. The number of hydrogen-bond acceptors (Lipinski definition) is 8. The van der Waals surface area contributed by atoms with Crippen LogP contribution >= 0.6 is 0 Å². The van der Waals surface area contributed by atoms with Crippen molar-refractivity contribution >= 4 is 11.4 Å². The first-order chi connectivity index (χ1) is 19.1. The smallest absolute Gasteiger partial charge is 0.418 e. The molecule has 2 aromatic carbocycles. The van der Waals surface area contributed by atoms with Gasteiger partial charge in [0.25, 0.3) is 5.56 Å². The Kier molecular flexibility index (Phi) is 7.65. The van der Waals surface area contributed by atoms with Crippen LogP contribution in [-0.4, -0.2) is 73.1 Å². The Bertz CT molecular complexity index is 1440. The van der Waals surface area contributed by atoms with Crippen LogP contribution in [-0.2, 0) is 12.6 Å². The van der Waals surface area contributed by atoms with Crippen LogP contribution in [0.4, 0.5) is 24.5 Å². The van der Waals surface area contributed by atoms with E-state index in [0.717, 1.165) is 10.7 Å². The van der Waals surface area contributed by atoms with Gasteiger partial charge in [0.1, 0.15) is 17.2 Å². The molecule has 0 radical (unpaired) electrons. The van der Waals surface area contributed by atoms with Crippen LogP contribution in [0.5, 0.6) is 11.5 Å². The predicted octanol–water partition coefficient (Wildman–Crippen LogP) is 3.25. The molecule has 9 nitrogen and oxygen atoms in total. The maximum atomic E-state index is 14.3. The number of methoxy groups -OCH3 is 2. The normalized spacial score (nSPS) is 16.9. The number of hydrogen-bond donors (Lipinski definition) is 2. The Labute approximate surface area is 229 Å². The van der Waals surface area contributed by atoms with E-state index in [1.165, 1.54) is 26.4 Å². The molecular weight excluding hydrogens is 529 g/mol. The van der Waals surface area contributed by atoms with Crippen molar-refractivity contribution in [1.82, 2.24) is 9.78 Å². The number of ether oxygens (including phenoxy) is 2. The van der Waals surface area contributed by atoms with Crippen molar-refractivity contribution in [3.8, 4) is 28.4 Å². The summed E-state index contributed by atoms with van der Waals surface area (Å²) in [6.07, 6.45) is -3.99. The van der Waals surface area contributed by atoms with Crippen LogP contribution in [0.25, 0.3) is 16.9 Å². The molecule has 0 amide bonds. The molecule has 1 aromatic heterocycles. The van der Waals surface area contributed by atoms with Crippen molar-refractivity contribution in [2.45, 2.75) is 31.5 Å². The van der Waals surface area contributed by atoms with E-state index >= 15 is 0 Å². The number of rotatable bonds is 8. The average molecular weight is 561 g/mol. The first kappa shape index (κ1) is 27.8. The van der Waals surface area contributed by atoms with Gasteiger partial charge in [0.2, 0.25) is 0 Å². The number of benzene rings is 2. The summed E-state index contributed by atoms with van der Waals surface area (Å²) in [6.45, 7) is 1.49. The molecule has 214 valence electrons. The number of aromatic nitrogens is 2. The summed E-state index contributed by atoms with van der Waals surface area (Å²) in [5.74, 6) is 0.923. The van der Waals surface area contributed by atoms with Crippen LogP contribution in [0.1, 0.15) is 24.0 Å². The maximum Gasteiger partial charge on any atom is 0.418 e. The van der Waals surface area contributed by atoms with E-state index in [-0.39, 0.29) is 18.8 Å². The molecule has 0 saturated carbocycles. The van der Waals surface area contributed by atoms with Gasteiger partial charge in [0.05, 0.1) is 37.3 Å². The molecule has 1 saturated heterocycles. The van der Waals surface area contributed by atoms with Crippen molar-refractivity contribution in [2.24, 2.45) is 0 Å². The number of β-amino-alcohol motifs (C(OH)–C–C–N with tert-alkyl or cyclic N) is 1.